The van der Waals surface area contributed by atoms with E-state index in [1.807, 2.05) is 7.05 Å². The third-order valence-corrected chi connectivity index (χ3v) is 4.07. The number of nitrogens with one attached hydrogen (secondary N) is 1. The van der Waals surface area contributed by atoms with Crippen molar-refractivity contribution in [2.24, 2.45) is 0 Å². The SMILES string of the molecule is CNC(c1ccc2c(c1)CCCC2)c1ccc([N+](=O)[O-])o1. The fourth-order valence-electron chi connectivity index (χ4n) is 3.00. The Bertz CT molecular complexity index is 663. The smallest absolute Gasteiger partial charge is 0.404 e. The molecular weight excluding hydrogens is 268 g/mol. The van der Waals surface area contributed by atoms with Crippen molar-refractivity contribution in [2.45, 2.75) is 31.7 Å². The van der Waals surface area contributed by atoms with Crippen LogP contribution in [-0.2, 0) is 12.8 Å². The van der Waals surface area contributed by atoms with Crippen LogP contribution in [-0.4, -0.2) is 12.0 Å². The van der Waals surface area contributed by atoms with Crippen LogP contribution >= 0.6 is 0 Å². The molecule has 5 heteroatoms. The number of nitro groups is 1. The second kappa shape index (κ2) is 5.69. The maximum absolute atomic E-state index is 10.7. The molecule has 1 unspecified atom stereocenters. The van der Waals surface area contributed by atoms with Gasteiger partial charge in [-0.15, -0.1) is 0 Å². The Morgan fingerprint density at radius 1 is 1.19 bits per heavy atom. The van der Waals surface area contributed by atoms with E-state index >= 15 is 0 Å². The van der Waals surface area contributed by atoms with Crippen LogP contribution < -0.4 is 5.32 Å². The van der Waals surface area contributed by atoms with Gasteiger partial charge >= 0.3 is 5.88 Å². The molecule has 0 fully saturated rings. The molecule has 110 valence electrons. The summed E-state index contributed by atoms with van der Waals surface area (Å²) in [6.45, 7) is 0. The predicted molar refractivity (Wildman–Crippen MR) is 79.3 cm³/mol. The molecule has 0 saturated carbocycles. The average molecular weight is 286 g/mol. The summed E-state index contributed by atoms with van der Waals surface area (Å²) < 4.78 is 5.34. The number of hydrogen-bond donors (Lipinski definition) is 1. The Balaban J connectivity index is 1.93. The summed E-state index contributed by atoms with van der Waals surface area (Å²) in [5, 5.41) is 13.9. The third kappa shape index (κ3) is 2.69. The Morgan fingerprint density at radius 2 is 1.95 bits per heavy atom. The minimum absolute atomic E-state index is 0.161. The van der Waals surface area contributed by atoms with Crippen molar-refractivity contribution in [1.82, 2.24) is 5.32 Å². The molecule has 1 aromatic carbocycles. The fraction of sp³-hybridized carbons (Fsp3) is 0.375. The molecule has 2 aromatic rings. The normalized spacial score (nSPS) is 15.5. The van der Waals surface area contributed by atoms with Crippen molar-refractivity contribution >= 4 is 5.88 Å². The Kier molecular flexibility index (Phi) is 3.75. The molecule has 1 aliphatic rings. The van der Waals surface area contributed by atoms with Crippen LogP contribution in [0.25, 0.3) is 0 Å². The molecule has 1 heterocycles. The number of rotatable bonds is 4. The van der Waals surface area contributed by atoms with Gasteiger partial charge in [-0.3, -0.25) is 10.1 Å². The van der Waals surface area contributed by atoms with Crippen molar-refractivity contribution in [2.75, 3.05) is 7.05 Å². The quantitative estimate of drug-likeness (QED) is 0.691. The molecule has 0 saturated heterocycles. The number of aryl methyl sites for hydroxylation is 2. The summed E-state index contributed by atoms with van der Waals surface area (Å²) in [4.78, 5) is 10.2. The molecule has 5 nitrogen and oxygen atoms in total. The first kappa shape index (κ1) is 13.8. The zero-order valence-electron chi connectivity index (χ0n) is 12.0. The van der Waals surface area contributed by atoms with E-state index in [0.717, 1.165) is 18.4 Å². The van der Waals surface area contributed by atoms with Crippen LogP contribution in [0.2, 0.25) is 0 Å². The van der Waals surface area contributed by atoms with Gasteiger partial charge in [0.2, 0.25) is 0 Å². The molecule has 1 aromatic heterocycles. The van der Waals surface area contributed by atoms with Gasteiger partial charge in [0.1, 0.15) is 10.7 Å². The molecule has 1 aliphatic carbocycles. The van der Waals surface area contributed by atoms with Crippen molar-refractivity contribution in [3.05, 3.63) is 62.9 Å². The van der Waals surface area contributed by atoms with Crippen molar-refractivity contribution in [1.29, 1.82) is 0 Å². The second-order valence-electron chi connectivity index (χ2n) is 5.39. The van der Waals surface area contributed by atoms with E-state index in [2.05, 4.69) is 23.5 Å². The van der Waals surface area contributed by atoms with E-state index in [1.165, 1.54) is 30.0 Å². The van der Waals surface area contributed by atoms with Crippen molar-refractivity contribution < 1.29 is 9.34 Å². The van der Waals surface area contributed by atoms with E-state index in [0.29, 0.717) is 5.76 Å². The molecule has 0 bridgehead atoms. The van der Waals surface area contributed by atoms with Crippen LogP contribution in [0.5, 0.6) is 0 Å². The number of furan rings is 1. The third-order valence-electron chi connectivity index (χ3n) is 4.07. The zero-order chi connectivity index (χ0) is 14.8. The fourth-order valence-corrected chi connectivity index (χ4v) is 3.00. The molecule has 0 amide bonds. The van der Waals surface area contributed by atoms with Crippen LogP contribution in [0.3, 0.4) is 0 Å². The molecule has 1 N–H and O–H groups in total. The van der Waals surface area contributed by atoms with Crippen molar-refractivity contribution in [3.63, 3.8) is 0 Å². The summed E-state index contributed by atoms with van der Waals surface area (Å²) >= 11 is 0. The van der Waals surface area contributed by atoms with Crippen LogP contribution in [0.15, 0.2) is 34.7 Å². The monoisotopic (exact) mass is 286 g/mol. The zero-order valence-corrected chi connectivity index (χ0v) is 12.0. The van der Waals surface area contributed by atoms with E-state index < -0.39 is 4.92 Å². The lowest BCUT2D eigenvalue weighted by molar-refractivity contribution is -0.402. The number of nitrogens with zero attached hydrogens (tertiary/aromatic N) is 1. The van der Waals surface area contributed by atoms with E-state index in [4.69, 9.17) is 4.42 Å². The molecule has 0 aliphatic heterocycles. The highest BCUT2D eigenvalue weighted by Gasteiger charge is 2.21. The lowest BCUT2D eigenvalue weighted by Gasteiger charge is -2.20. The Morgan fingerprint density at radius 3 is 2.62 bits per heavy atom. The summed E-state index contributed by atoms with van der Waals surface area (Å²) in [7, 11) is 1.83. The van der Waals surface area contributed by atoms with E-state index in [9.17, 15) is 10.1 Å². The first-order valence-corrected chi connectivity index (χ1v) is 7.22. The second-order valence-corrected chi connectivity index (χ2v) is 5.39. The summed E-state index contributed by atoms with van der Waals surface area (Å²) in [6.07, 6.45) is 4.74. The first-order chi connectivity index (χ1) is 10.2. The molecule has 3 rings (SSSR count). The van der Waals surface area contributed by atoms with E-state index in [-0.39, 0.29) is 11.9 Å². The minimum atomic E-state index is -0.511. The molecule has 1 atom stereocenters. The van der Waals surface area contributed by atoms with Gasteiger partial charge in [-0.2, -0.15) is 0 Å². The Labute approximate surface area is 123 Å². The van der Waals surface area contributed by atoms with Gasteiger partial charge in [-0.1, -0.05) is 18.2 Å². The lowest BCUT2D eigenvalue weighted by Crippen LogP contribution is -2.18. The largest absolute Gasteiger partial charge is 0.433 e. The van der Waals surface area contributed by atoms with Gasteiger partial charge in [0, 0.05) is 0 Å². The van der Waals surface area contributed by atoms with E-state index in [1.54, 1.807) is 6.07 Å². The van der Waals surface area contributed by atoms with Gasteiger partial charge in [0.05, 0.1) is 12.1 Å². The maximum atomic E-state index is 10.7. The highest BCUT2D eigenvalue weighted by atomic mass is 16.6. The lowest BCUT2D eigenvalue weighted by atomic mass is 9.89. The van der Waals surface area contributed by atoms with Crippen LogP contribution in [0, 0.1) is 10.1 Å². The number of hydrogen-bond acceptors (Lipinski definition) is 4. The summed E-state index contributed by atoms with van der Waals surface area (Å²) in [5.74, 6) is 0.350. The molecule has 0 radical (unpaired) electrons. The van der Waals surface area contributed by atoms with Crippen LogP contribution in [0.1, 0.15) is 41.3 Å². The minimum Gasteiger partial charge on any atom is -0.404 e. The van der Waals surface area contributed by atoms with Crippen molar-refractivity contribution in [3.8, 4) is 0 Å². The van der Waals surface area contributed by atoms with Gasteiger partial charge in [-0.25, -0.2) is 0 Å². The average Bonchev–Trinajstić information content (AvgIpc) is 2.98. The standard InChI is InChI=1S/C16H18N2O3/c1-17-16(14-8-9-15(21-14)18(19)20)13-7-6-11-4-2-3-5-12(11)10-13/h6-10,16-17H,2-5H2,1H3. The van der Waals surface area contributed by atoms with Crippen LogP contribution in [0.4, 0.5) is 5.88 Å². The molecule has 0 spiro atoms. The predicted octanol–water partition coefficient (Wildman–Crippen LogP) is 3.38. The highest BCUT2D eigenvalue weighted by molar-refractivity contribution is 5.38. The molecule has 21 heavy (non-hydrogen) atoms. The Hall–Kier alpha value is -2.14. The molecular formula is C16H18N2O3. The van der Waals surface area contributed by atoms with Gasteiger partial charge in [0.15, 0.2) is 0 Å². The van der Waals surface area contributed by atoms with Gasteiger partial charge < -0.3 is 9.73 Å². The summed E-state index contributed by atoms with van der Waals surface area (Å²) in [6, 6.07) is 9.36. The topological polar surface area (TPSA) is 68.3 Å². The highest BCUT2D eigenvalue weighted by Crippen LogP contribution is 2.30. The maximum Gasteiger partial charge on any atom is 0.433 e. The van der Waals surface area contributed by atoms with Gasteiger partial charge in [0.25, 0.3) is 0 Å². The number of fused-ring (bicyclic) bond motifs is 1. The first-order valence-electron chi connectivity index (χ1n) is 7.22. The van der Waals surface area contributed by atoms with Gasteiger partial charge in [-0.05, 0) is 55.5 Å². The number of benzene rings is 1. The summed E-state index contributed by atoms with van der Waals surface area (Å²) in [5.41, 5.74) is 3.90.